The maximum Gasteiger partial charge on any atom is 0.270 e. The first kappa shape index (κ1) is 14.8. The van der Waals surface area contributed by atoms with Crippen molar-refractivity contribution in [3.8, 4) is 6.07 Å². The molecule has 0 saturated carbocycles. The number of halogens is 1. The predicted octanol–water partition coefficient (Wildman–Crippen LogP) is 4.39. The van der Waals surface area contributed by atoms with Crippen LogP contribution in [0.4, 0.5) is 10.1 Å². The van der Waals surface area contributed by atoms with Crippen molar-refractivity contribution in [2.24, 2.45) is 0 Å². The molecule has 0 saturated heterocycles. The lowest BCUT2D eigenvalue weighted by Gasteiger charge is -2.06. The fraction of sp³-hybridized carbons (Fsp3) is 0. The third-order valence-corrected chi connectivity index (χ3v) is 3.66. The highest BCUT2D eigenvalue weighted by Crippen LogP contribution is 2.35. The van der Waals surface area contributed by atoms with Crippen LogP contribution in [0.25, 0.3) is 4.91 Å². The number of nitro groups is 1. The van der Waals surface area contributed by atoms with Gasteiger partial charge in [-0.3, -0.25) is 10.1 Å². The van der Waals surface area contributed by atoms with Crippen LogP contribution < -0.4 is 0 Å². The summed E-state index contributed by atoms with van der Waals surface area (Å²) in [7, 11) is 0. The van der Waals surface area contributed by atoms with Crippen LogP contribution >= 0.6 is 11.8 Å². The lowest BCUT2D eigenvalue weighted by Crippen LogP contribution is -1.89. The predicted molar refractivity (Wildman–Crippen MR) is 78.9 cm³/mol. The minimum absolute atomic E-state index is 0.0453. The van der Waals surface area contributed by atoms with E-state index in [2.05, 4.69) is 0 Å². The molecular weight excluding hydrogens is 291 g/mol. The second-order valence-corrected chi connectivity index (χ2v) is 5.12. The van der Waals surface area contributed by atoms with Gasteiger partial charge >= 0.3 is 0 Å². The number of non-ortho nitro benzene ring substituents is 1. The van der Waals surface area contributed by atoms with Crippen molar-refractivity contribution in [1.29, 1.82) is 5.26 Å². The van der Waals surface area contributed by atoms with Crippen LogP contribution in [0.3, 0.4) is 0 Å². The molecule has 2 aromatic rings. The zero-order valence-corrected chi connectivity index (χ0v) is 11.5. The van der Waals surface area contributed by atoms with Crippen LogP contribution in [0.15, 0.2) is 59.5 Å². The summed E-state index contributed by atoms with van der Waals surface area (Å²) in [4.78, 5) is 11.6. The maximum atomic E-state index is 12.9. The third kappa shape index (κ3) is 3.91. The van der Waals surface area contributed by atoms with E-state index in [4.69, 9.17) is 5.26 Å². The zero-order valence-electron chi connectivity index (χ0n) is 10.7. The van der Waals surface area contributed by atoms with Gasteiger partial charge in [0.05, 0.1) is 11.0 Å². The first-order valence-electron chi connectivity index (χ1n) is 5.88. The van der Waals surface area contributed by atoms with Gasteiger partial charge < -0.3 is 0 Å². The normalized spacial score (nSPS) is 11.0. The van der Waals surface area contributed by atoms with Crippen LogP contribution in [0.5, 0.6) is 0 Å². The van der Waals surface area contributed by atoms with Crippen LogP contribution in [0.1, 0.15) is 5.56 Å². The van der Waals surface area contributed by atoms with Crippen molar-refractivity contribution in [3.05, 3.63) is 76.1 Å². The quantitative estimate of drug-likeness (QED) is 0.363. The summed E-state index contributed by atoms with van der Waals surface area (Å²) in [6.45, 7) is 0. The number of rotatable bonds is 4. The molecule has 0 N–H and O–H groups in total. The van der Waals surface area contributed by atoms with Crippen molar-refractivity contribution in [2.75, 3.05) is 0 Å². The van der Waals surface area contributed by atoms with Gasteiger partial charge in [0.15, 0.2) is 0 Å². The van der Waals surface area contributed by atoms with E-state index in [1.165, 1.54) is 42.1 Å². The maximum absolute atomic E-state index is 12.9. The molecule has 0 aliphatic carbocycles. The summed E-state index contributed by atoms with van der Waals surface area (Å²) < 4.78 is 12.9. The van der Waals surface area contributed by atoms with Crippen molar-refractivity contribution in [3.63, 3.8) is 0 Å². The molecule has 0 bridgehead atoms. The van der Waals surface area contributed by atoms with E-state index in [1.807, 2.05) is 6.07 Å². The molecule has 0 aromatic heterocycles. The lowest BCUT2D eigenvalue weighted by molar-refractivity contribution is -0.384. The van der Waals surface area contributed by atoms with Crippen molar-refractivity contribution in [2.45, 2.75) is 4.90 Å². The number of benzene rings is 2. The Balaban J connectivity index is 2.34. The Morgan fingerprint density at radius 3 is 2.62 bits per heavy atom. The highest BCUT2D eigenvalue weighted by Gasteiger charge is 2.10. The molecule has 0 amide bonds. The van der Waals surface area contributed by atoms with Gasteiger partial charge in [-0.1, -0.05) is 23.9 Å². The smallest absolute Gasteiger partial charge is 0.258 e. The molecule has 0 heterocycles. The molecule has 2 aromatic carbocycles. The zero-order chi connectivity index (χ0) is 15.2. The second-order valence-electron chi connectivity index (χ2n) is 4.00. The van der Waals surface area contributed by atoms with Crippen LogP contribution in [-0.4, -0.2) is 4.92 Å². The van der Waals surface area contributed by atoms with Crippen LogP contribution in [0, 0.1) is 27.3 Å². The SMILES string of the molecule is N#C/C=C(/Sc1ccc(F)cc1)c1cccc([N+](=O)[O-])c1. The Labute approximate surface area is 124 Å². The molecule has 0 aliphatic heterocycles. The van der Waals surface area contributed by atoms with E-state index in [0.717, 1.165) is 4.90 Å². The van der Waals surface area contributed by atoms with Crippen LogP contribution in [0.2, 0.25) is 0 Å². The Morgan fingerprint density at radius 2 is 2.00 bits per heavy atom. The van der Waals surface area contributed by atoms with Crippen molar-refractivity contribution in [1.82, 2.24) is 0 Å². The summed E-state index contributed by atoms with van der Waals surface area (Å²) in [6.07, 6.45) is 1.31. The molecule has 6 heteroatoms. The molecule has 4 nitrogen and oxygen atoms in total. The Kier molecular flexibility index (Phi) is 4.69. The second kappa shape index (κ2) is 6.68. The van der Waals surface area contributed by atoms with E-state index in [-0.39, 0.29) is 11.5 Å². The van der Waals surface area contributed by atoms with Gasteiger partial charge in [-0.05, 0) is 29.8 Å². The number of allylic oxidation sites excluding steroid dienone is 1. The number of hydrogen-bond donors (Lipinski definition) is 0. The minimum Gasteiger partial charge on any atom is -0.258 e. The molecular formula is C15H9FN2O2S. The Hall–Kier alpha value is -2.65. The summed E-state index contributed by atoms with van der Waals surface area (Å²) in [6, 6.07) is 13.8. The van der Waals surface area contributed by atoms with Crippen LogP contribution in [-0.2, 0) is 0 Å². The van der Waals surface area contributed by atoms with E-state index in [0.29, 0.717) is 10.5 Å². The van der Waals surface area contributed by atoms with Gasteiger partial charge in [0.25, 0.3) is 5.69 Å². The fourth-order valence-corrected chi connectivity index (χ4v) is 2.52. The number of nitro benzene ring substituents is 1. The van der Waals surface area contributed by atoms with E-state index in [9.17, 15) is 14.5 Å². The average molecular weight is 300 g/mol. The van der Waals surface area contributed by atoms with Gasteiger partial charge in [-0.25, -0.2) is 4.39 Å². The molecule has 0 aliphatic rings. The van der Waals surface area contributed by atoms with E-state index >= 15 is 0 Å². The standard InChI is InChI=1S/C15H9FN2O2S/c16-12-4-6-14(7-5-12)21-15(8-9-17)11-2-1-3-13(10-11)18(19)20/h1-8,10H/b15-8+. The van der Waals surface area contributed by atoms with E-state index < -0.39 is 4.92 Å². The summed E-state index contributed by atoms with van der Waals surface area (Å²) in [5.41, 5.74) is 0.524. The third-order valence-electron chi connectivity index (χ3n) is 2.58. The Morgan fingerprint density at radius 1 is 1.29 bits per heavy atom. The molecule has 2 rings (SSSR count). The molecule has 0 unspecified atom stereocenters. The number of nitriles is 1. The molecule has 0 radical (unpaired) electrons. The molecule has 0 atom stereocenters. The van der Waals surface area contributed by atoms with Gasteiger partial charge in [-0.15, -0.1) is 0 Å². The van der Waals surface area contributed by atoms with Crippen molar-refractivity contribution >= 4 is 22.4 Å². The lowest BCUT2D eigenvalue weighted by atomic mass is 10.2. The summed E-state index contributed by atoms with van der Waals surface area (Å²) in [5.74, 6) is -0.347. The number of thioether (sulfide) groups is 1. The highest BCUT2D eigenvalue weighted by molar-refractivity contribution is 8.08. The molecule has 21 heavy (non-hydrogen) atoms. The van der Waals surface area contributed by atoms with E-state index in [1.54, 1.807) is 24.3 Å². The minimum atomic E-state index is -0.490. The fourth-order valence-electron chi connectivity index (χ4n) is 1.63. The van der Waals surface area contributed by atoms with Gasteiger partial charge in [-0.2, -0.15) is 5.26 Å². The monoisotopic (exact) mass is 300 g/mol. The topological polar surface area (TPSA) is 66.9 Å². The number of nitrogens with zero attached hydrogens (tertiary/aromatic N) is 2. The Bertz CT molecular complexity index is 736. The van der Waals surface area contributed by atoms with Gasteiger partial charge in [0, 0.05) is 28.0 Å². The van der Waals surface area contributed by atoms with Gasteiger partial charge in [0.2, 0.25) is 0 Å². The summed E-state index contributed by atoms with van der Waals surface area (Å²) in [5, 5.41) is 19.7. The first-order chi connectivity index (χ1) is 10.1. The first-order valence-corrected chi connectivity index (χ1v) is 6.70. The molecule has 104 valence electrons. The largest absolute Gasteiger partial charge is 0.270 e. The van der Waals surface area contributed by atoms with Crippen molar-refractivity contribution < 1.29 is 9.31 Å². The molecule has 0 fully saturated rings. The average Bonchev–Trinajstić information content (AvgIpc) is 2.49. The highest BCUT2D eigenvalue weighted by atomic mass is 32.2. The molecule has 0 spiro atoms. The number of hydrogen-bond acceptors (Lipinski definition) is 4. The van der Waals surface area contributed by atoms with Gasteiger partial charge in [0.1, 0.15) is 5.82 Å². The summed E-state index contributed by atoms with van der Waals surface area (Å²) >= 11 is 1.24.